The summed E-state index contributed by atoms with van der Waals surface area (Å²) in [6, 6.07) is 8.39. The largest absolute Gasteiger partial charge is 0.326 e. The summed E-state index contributed by atoms with van der Waals surface area (Å²) >= 11 is 1.51. The third kappa shape index (κ3) is 2.53. The predicted octanol–water partition coefficient (Wildman–Crippen LogP) is 3.27. The Morgan fingerprint density at radius 3 is 2.90 bits per heavy atom. The first-order chi connectivity index (χ1) is 10.2. The number of halogens is 1. The Morgan fingerprint density at radius 1 is 1.33 bits per heavy atom. The highest BCUT2D eigenvalue weighted by Crippen LogP contribution is 2.33. The van der Waals surface area contributed by atoms with E-state index < -0.39 is 0 Å². The lowest BCUT2D eigenvalue weighted by atomic mass is 10.2. The molecule has 108 valence electrons. The van der Waals surface area contributed by atoms with Crippen LogP contribution in [0.2, 0.25) is 0 Å². The van der Waals surface area contributed by atoms with Crippen LogP contribution in [0.3, 0.4) is 0 Å². The summed E-state index contributed by atoms with van der Waals surface area (Å²) in [6.07, 6.45) is 0. The Bertz CT molecular complexity index is 773. The minimum absolute atomic E-state index is 0.279. The maximum absolute atomic E-state index is 13.5. The molecule has 5 nitrogen and oxygen atoms in total. The number of nitrogens with zero attached hydrogens (tertiary/aromatic N) is 3. The van der Waals surface area contributed by atoms with E-state index in [2.05, 4.69) is 15.4 Å². The number of nitrogen functional groups attached to an aromatic ring is 1. The second kappa shape index (κ2) is 5.63. The summed E-state index contributed by atoms with van der Waals surface area (Å²) in [5, 5.41) is 2.87. The highest BCUT2D eigenvalue weighted by molar-refractivity contribution is 7.16. The molecule has 0 radical (unpaired) electrons. The van der Waals surface area contributed by atoms with Crippen LogP contribution in [0, 0.1) is 5.82 Å². The van der Waals surface area contributed by atoms with Crippen molar-refractivity contribution in [1.82, 2.24) is 9.97 Å². The van der Waals surface area contributed by atoms with Crippen LogP contribution in [0.5, 0.6) is 0 Å². The van der Waals surface area contributed by atoms with E-state index in [-0.39, 0.29) is 5.82 Å². The number of nitrogens with one attached hydrogen (secondary N) is 1. The number of nitrogens with two attached hydrogens (primary N) is 1. The Kier molecular flexibility index (Phi) is 3.68. The van der Waals surface area contributed by atoms with Gasteiger partial charge in [-0.05, 0) is 36.6 Å². The molecule has 0 saturated heterocycles. The molecule has 0 spiro atoms. The lowest BCUT2D eigenvalue weighted by molar-refractivity contribution is 0.627. The van der Waals surface area contributed by atoms with E-state index in [1.54, 1.807) is 6.07 Å². The van der Waals surface area contributed by atoms with Gasteiger partial charge in [0.15, 0.2) is 0 Å². The highest BCUT2D eigenvalue weighted by atomic mass is 32.1. The quantitative estimate of drug-likeness (QED) is 0.572. The van der Waals surface area contributed by atoms with Gasteiger partial charge in [-0.15, -0.1) is 11.3 Å². The van der Waals surface area contributed by atoms with Crippen LogP contribution >= 0.6 is 11.3 Å². The van der Waals surface area contributed by atoms with Gasteiger partial charge in [-0.25, -0.2) is 15.2 Å². The molecule has 21 heavy (non-hydrogen) atoms. The molecule has 0 unspecified atom stereocenters. The van der Waals surface area contributed by atoms with E-state index in [9.17, 15) is 4.39 Å². The van der Waals surface area contributed by atoms with Gasteiger partial charge in [0.25, 0.3) is 0 Å². The summed E-state index contributed by atoms with van der Waals surface area (Å²) in [4.78, 5) is 11.5. The van der Waals surface area contributed by atoms with Crippen molar-refractivity contribution >= 4 is 39.0 Å². The standard InChI is InChI=1S/C14H14FN5S/c1-2-20(10-5-3-4-9(15)8-10)12-11-6-7-21-13(11)18-14(17-12)19-16/h3-8H,2,16H2,1H3,(H,17,18,19). The fourth-order valence-electron chi connectivity index (χ4n) is 2.21. The monoisotopic (exact) mass is 303 g/mol. The predicted molar refractivity (Wildman–Crippen MR) is 84.3 cm³/mol. The Morgan fingerprint density at radius 2 is 2.19 bits per heavy atom. The van der Waals surface area contributed by atoms with E-state index >= 15 is 0 Å². The maximum atomic E-state index is 13.5. The minimum Gasteiger partial charge on any atom is -0.326 e. The number of anilines is 3. The van der Waals surface area contributed by atoms with Crippen molar-refractivity contribution in [3.63, 3.8) is 0 Å². The van der Waals surface area contributed by atoms with Crippen LogP contribution < -0.4 is 16.2 Å². The lowest BCUT2D eigenvalue weighted by Gasteiger charge is -2.23. The second-order valence-corrected chi connectivity index (χ2v) is 5.27. The zero-order chi connectivity index (χ0) is 14.8. The SMILES string of the molecule is CCN(c1cccc(F)c1)c1nc(NN)nc2sccc12. The van der Waals surface area contributed by atoms with E-state index in [1.165, 1.54) is 23.5 Å². The molecule has 7 heteroatoms. The zero-order valence-electron chi connectivity index (χ0n) is 11.4. The van der Waals surface area contributed by atoms with Crippen LogP contribution in [-0.2, 0) is 0 Å². The molecule has 0 aliphatic carbocycles. The summed E-state index contributed by atoms with van der Waals surface area (Å²) in [7, 11) is 0. The van der Waals surface area contributed by atoms with Gasteiger partial charge in [0.05, 0.1) is 5.39 Å². The van der Waals surface area contributed by atoms with Crippen LogP contribution in [0.1, 0.15) is 6.92 Å². The van der Waals surface area contributed by atoms with Crippen LogP contribution in [-0.4, -0.2) is 16.5 Å². The van der Waals surface area contributed by atoms with E-state index in [0.717, 1.165) is 15.9 Å². The number of hydrogen-bond donors (Lipinski definition) is 2. The van der Waals surface area contributed by atoms with Gasteiger partial charge in [0, 0.05) is 12.2 Å². The molecule has 3 aromatic rings. The van der Waals surface area contributed by atoms with Gasteiger partial charge in [0.1, 0.15) is 16.5 Å². The second-order valence-electron chi connectivity index (χ2n) is 4.38. The maximum Gasteiger partial charge on any atom is 0.240 e. The molecule has 0 bridgehead atoms. The molecule has 2 heterocycles. The number of hydrazine groups is 1. The number of fused-ring (bicyclic) bond motifs is 1. The number of thiophene rings is 1. The molecule has 3 rings (SSSR count). The third-order valence-electron chi connectivity index (χ3n) is 3.13. The van der Waals surface area contributed by atoms with Crippen molar-refractivity contribution in [3.05, 3.63) is 41.5 Å². The molecular formula is C14H14FN5S. The molecule has 1 aromatic carbocycles. The number of hydrogen-bond acceptors (Lipinski definition) is 6. The Balaban J connectivity index is 2.18. The average Bonchev–Trinajstić information content (AvgIpc) is 2.96. The molecule has 3 N–H and O–H groups in total. The molecule has 2 aromatic heterocycles. The van der Waals surface area contributed by atoms with E-state index in [1.807, 2.05) is 29.3 Å². The summed E-state index contributed by atoms with van der Waals surface area (Å²) in [5.74, 6) is 6.21. The summed E-state index contributed by atoms with van der Waals surface area (Å²) < 4.78 is 13.5. The van der Waals surface area contributed by atoms with Crippen LogP contribution in [0.25, 0.3) is 10.2 Å². The molecule has 0 fully saturated rings. The van der Waals surface area contributed by atoms with Crippen molar-refractivity contribution in [2.75, 3.05) is 16.9 Å². The fraction of sp³-hybridized carbons (Fsp3) is 0.143. The first-order valence-corrected chi connectivity index (χ1v) is 7.36. The van der Waals surface area contributed by atoms with E-state index in [0.29, 0.717) is 18.3 Å². The highest BCUT2D eigenvalue weighted by Gasteiger charge is 2.16. The van der Waals surface area contributed by atoms with Gasteiger partial charge < -0.3 is 4.90 Å². The normalized spacial score (nSPS) is 10.8. The van der Waals surface area contributed by atoms with E-state index in [4.69, 9.17) is 5.84 Å². The van der Waals surface area contributed by atoms with Crippen LogP contribution in [0.15, 0.2) is 35.7 Å². The average molecular weight is 303 g/mol. The van der Waals surface area contributed by atoms with Crippen molar-refractivity contribution in [2.45, 2.75) is 6.92 Å². The van der Waals surface area contributed by atoms with Crippen molar-refractivity contribution in [2.24, 2.45) is 5.84 Å². The minimum atomic E-state index is -0.279. The van der Waals surface area contributed by atoms with Gasteiger partial charge in [-0.1, -0.05) is 6.07 Å². The van der Waals surface area contributed by atoms with Crippen LogP contribution in [0.4, 0.5) is 21.8 Å². The summed E-state index contributed by atoms with van der Waals surface area (Å²) in [5.41, 5.74) is 3.22. The topological polar surface area (TPSA) is 67.1 Å². The van der Waals surface area contributed by atoms with Crippen molar-refractivity contribution in [1.29, 1.82) is 0 Å². The number of benzene rings is 1. The Labute approximate surface area is 125 Å². The van der Waals surface area contributed by atoms with Gasteiger partial charge in [0.2, 0.25) is 5.95 Å². The molecule has 0 aliphatic heterocycles. The van der Waals surface area contributed by atoms with Gasteiger partial charge in [-0.3, -0.25) is 5.43 Å². The van der Waals surface area contributed by atoms with Gasteiger partial charge >= 0.3 is 0 Å². The smallest absolute Gasteiger partial charge is 0.240 e. The number of aromatic nitrogens is 2. The lowest BCUT2D eigenvalue weighted by Crippen LogP contribution is -2.19. The first kappa shape index (κ1) is 13.7. The third-order valence-corrected chi connectivity index (χ3v) is 3.93. The summed E-state index contributed by atoms with van der Waals surface area (Å²) in [6.45, 7) is 2.64. The Hall–Kier alpha value is -2.25. The molecule has 0 atom stereocenters. The molecule has 0 saturated carbocycles. The van der Waals surface area contributed by atoms with Crippen molar-refractivity contribution < 1.29 is 4.39 Å². The number of rotatable bonds is 4. The molecule has 0 aliphatic rings. The van der Waals surface area contributed by atoms with Crippen molar-refractivity contribution in [3.8, 4) is 0 Å². The fourth-order valence-corrected chi connectivity index (χ4v) is 2.97. The molecule has 0 amide bonds. The molecular weight excluding hydrogens is 289 g/mol. The first-order valence-electron chi connectivity index (χ1n) is 6.48. The zero-order valence-corrected chi connectivity index (χ0v) is 12.2. The van der Waals surface area contributed by atoms with Gasteiger partial charge in [-0.2, -0.15) is 4.98 Å².